The molecule has 1 aliphatic heterocycles. The van der Waals surface area contributed by atoms with E-state index in [1.807, 2.05) is 4.90 Å². The number of nitrogens with one attached hydrogen (secondary N) is 1. The van der Waals surface area contributed by atoms with Crippen LogP contribution in [0.2, 0.25) is 5.02 Å². The van der Waals surface area contributed by atoms with Gasteiger partial charge in [0.25, 0.3) is 0 Å². The first kappa shape index (κ1) is 20.6. The third-order valence-electron chi connectivity index (χ3n) is 4.78. The average molecular weight is 415 g/mol. The van der Waals surface area contributed by atoms with Gasteiger partial charge in [0, 0.05) is 29.4 Å². The normalized spacial score (nSPS) is 18.1. The van der Waals surface area contributed by atoms with Crippen molar-refractivity contribution in [2.75, 3.05) is 18.4 Å². The van der Waals surface area contributed by atoms with Gasteiger partial charge in [-0.2, -0.15) is 13.2 Å². The predicted molar refractivity (Wildman–Crippen MR) is 99.5 cm³/mol. The topological polar surface area (TPSA) is 32.3 Å². The van der Waals surface area contributed by atoms with Crippen molar-refractivity contribution in [1.29, 1.82) is 0 Å². The predicted octanol–water partition coefficient (Wildman–Crippen LogP) is 5.35. The summed E-state index contributed by atoms with van der Waals surface area (Å²) in [4.78, 5) is 14.5. The zero-order valence-electron chi connectivity index (χ0n) is 14.9. The Morgan fingerprint density at radius 2 is 1.96 bits per heavy atom. The van der Waals surface area contributed by atoms with Crippen LogP contribution in [-0.4, -0.2) is 23.9 Å². The summed E-state index contributed by atoms with van der Waals surface area (Å²) in [5, 5.41) is 2.89. The lowest BCUT2D eigenvalue weighted by Crippen LogP contribution is -2.40. The second-order valence-corrected chi connectivity index (χ2v) is 7.25. The number of alkyl halides is 3. The summed E-state index contributed by atoms with van der Waals surface area (Å²) in [6.45, 7) is 1.35. The van der Waals surface area contributed by atoms with E-state index in [4.69, 9.17) is 11.6 Å². The Hall–Kier alpha value is -2.12. The van der Waals surface area contributed by atoms with Gasteiger partial charge < -0.3 is 5.32 Å². The summed E-state index contributed by atoms with van der Waals surface area (Å²) in [5.74, 6) is -1.14. The van der Waals surface area contributed by atoms with Crippen molar-refractivity contribution in [1.82, 2.24) is 4.90 Å². The van der Waals surface area contributed by atoms with Crippen LogP contribution in [0.1, 0.15) is 24.0 Å². The Kier molecular flexibility index (Phi) is 6.25. The summed E-state index contributed by atoms with van der Waals surface area (Å²) in [5.41, 5.74) is -0.332. The van der Waals surface area contributed by atoms with Crippen LogP contribution in [0.4, 0.5) is 23.2 Å². The molecular formula is C20H19ClF4N2O. The minimum absolute atomic E-state index is 0.106. The van der Waals surface area contributed by atoms with E-state index in [1.54, 1.807) is 6.07 Å². The molecule has 0 saturated carbocycles. The number of amides is 1. The fourth-order valence-corrected chi connectivity index (χ4v) is 3.56. The molecule has 3 rings (SSSR count). The molecule has 0 aromatic heterocycles. The standard InChI is InChI=1S/C20H19ClF4N2O/c21-17-7-2-8-18(22)16(17)12-27-9-3-4-13(11-27)19(28)26-15-6-1-5-14(10-15)20(23,24)25/h1-2,5-8,10,13H,3-4,9,11-12H2,(H,26,28). The molecule has 2 aromatic rings. The number of hydrogen-bond donors (Lipinski definition) is 1. The van der Waals surface area contributed by atoms with Gasteiger partial charge in [0.2, 0.25) is 5.91 Å². The summed E-state index contributed by atoms with van der Waals surface area (Å²) in [7, 11) is 0. The van der Waals surface area contributed by atoms with Crippen LogP contribution in [0, 0.1) is 11.7 Å². The van der Waals surface area contributed by atoms with Crippen LogP contribution in [0.15, 0.2) is 42.5 Å². The van der Waals surface area contributed by atoms with E-state index in [9.17, 15) is 22.4 Å². The third-order valence-corrected chi connectivity index (χ3v) is 5.13. The second-order valence-electron chi connectivity index (χ2n) is 6.84. The van der Waals surface area contributed by atoms with E-state index in [0.29, 0.717) is 30.1 Å². The molecule has 1 heterocycles. The molecular weight excluding hydrogens is 396 g/mol. The summed E-state index contributed by atoms with van der Waals surface area (Å²) in [6.07, 6.45) is -3.12. The van der Waals surface area contributed by atoms with Gasteiger partial charge in [0.05, 0.1) is 11.5 Å². The fraction of sp³-hybridized carbons (Fsp3) is 0.350. The molecule has 1 atom stereocenters. The maximum Gasteiger partial charge on any atom is 0.416 e. The van der Waals surface area contributed by atoms with Crippen molar-refractivity contribution < 1.29 is 22.4 Å². The lowest BCUT2D eigenvalue weighted by molar-refractivity contribution is -0.137. The zero-order valence-corrected chi connectivity index (χ0v) is 15.7. The molecule has 1 saturated heterocycles. The van der Waals surface area contributed by atoms with E-state index in [2.05, 4.69) is 5.32 Å². The molecule has 1 amide bonds. The number of hydrogen-bond acceptors (Lipinski definition) is 2. The Morgan fingerprint density at radius 1 is 1.21 bits per heavy atom. The molecule has 28 heavy (non-hydrogen) atoms. The molecule has 2 aromatic carbocycles. The number of benzene rings is 2. The maximum absolute atomic E-state index is 14.0. The van der Waals surface area contributed by atoms with E-state index in [-0.39, 0.29) is 18.1 Å². The highest BCUT2D eigenvalue weighted by atomic mass is 35.5. The second kappa shape index (κ2) is 8.49. The maximum atomic E-state index is 14.0. The molecule has 150 valence electrons. The Balaban J connectivity index is 1.65. The number of piperidine rings is 1. The first-order chi connectivity index (χ1) is 13.2. The summed E-state index contributed by atoms with van der Waals surface area (Å²) < 4.78 is 52.5. The highest BCUT2D eigenvalue weighted by Gasteiger charge is 2.31. The van der Waals surface area contributed by atoms with Gasteiger partial charge in [0.1, 0.15) is 5.82 Å². The summed E-state index contributed by atoms with van der Waals surface area (Å²) >= 11 is 6.07. The van der Waals surface area contributed by atoms with Gasteiger partial charge in [-0.25, -0.2) is 4.39 Å². The van der Waals surface area contributed by atoms with Crippen molar-refractivity contribution in [3.8, 4) is 0 Å². The highest BCUT2D eigenvalue weighted by Crippen LogP contribution is 2.31. The SMILES string of the molecule is O=C(Nc1cccc(C(F)(F)F)c1)C1CCCN(Cc2c(F)cccc2Cl)C1. The van der Waals surface area contributed by atoms with Crippen LogP contribution >= 0.6 is 11.6 Å². The average Bonchev–Trinajstić information content (AvgIpc) is 2.65. The first-order valence-electron chi connectivity index (χ1n) is 8.87. The third kappa shape index (κ3) is 5.02. The number of likely N-dealkylation sites (tertiary alicyclic amines) is 1. The van der Waals surface area contributed by atoms with E-state index in [1.165, 1.54) is 24.3 Å². The minimum atomic E-state index is -4.47. The lowest BCUT2D eigenvalue weighted by atomic mass is 9.96. The van der Waals surface area contributed by atoms with E-state index >= 15 is 0 Å². The van der Waals surface area contributed by atoms with Gasteiger partial charge >= 0.3 is 6.18 Å². The van der Waals surface area contributed by atoms with Crippen molar-refractivity contribution in [3.05, 3.63) is 64.4 Å². The summed E-state index contributed by atoms with van der Waals surface area (Å²) in [6, 6.07) is 9.03. The number of halogens is 5. The number of rotatable bonds is 4. The number of nitrogens with zero attached hydrogens (tertiary/aromatic N) is 1. The van der Waals surface area contributed by atoms with E-state index < -0.39 is 23.5 Å². The lowest BCUT2D eigenvalue weighted by Gasteiger charge is -2.32. The first-order valence-corrected chi connectivity index (χ1v) is 9.25. The smallest absolute Gasteiger partial charge is 0.326 e. The van der Waals surface area contributed by atoms with Crippen LogP contribution < -0.4 is 5.32 Å². The number of anilines is 1. The van der Waals surface area contributed by atoms with Crippen molar-refractivity contribution in [2.45, 2.75) is 25.6 Å². The van der Waals surface area contributed by atoms with Gasteiger partial charge in [-0.15, -0.1) is 0 Å². The zero-order chi connectivity index (χ0) is 20.3. The van der Waals surface area contributed by atoms with Gasteiger partial charge in [-0.1, -0.05) is 23.7 Å². The van der Waals surface area contributed by atoms with Crippen molar-refractivity contribution in [3.63, 3.8) is 0 Å². The van der Waals surface area contributed by atoms with Gasteiger partial charge in [-0.05, 0) is 49.7 Å². The molecule has 0 radical (unpaired) electrons. The quantitative estimate of drug-likeness (QED) is 0.684. The molecule has 8 heteroatoms. The fourth-order valence-electron chi connectivity index (χ4n) is 3.34. The number of carbonyl (C=O) groups excluding carboxylic acids is 1. The largest absolute Gasteiger partial charge is 0.416 e. The van der Waals surface area contributed by atoms with Crippen molar-refractivity contribution >= 4 is 23.2 Å². The van der Waals surface area contributed by atoms with Gasteiger partial charge in [0.15, 0.2) is 0 Å². The van der Waals surface area contributed by atoms with Crippen LogP contribution in [0.5, 0.6) is 0 Å². The number of carbonyl (C=O) groups is 1. The van der Waals surface area contributed by atoms with E-state index in [0.717, 1.165) is 18.6 Å². The Labute approximate surface area is 165 Å². The Morgan fingerprint density at radius 3 is 2.68 bits per heavy atom. The molecule has 0 bridgehead atoms. The van der Waals surface area contributed by atoms with Crippen LogP contribution in [0.25, 0.3) is 0 Å². The molecule has 1 aliphatic rings. The molecule has 1 N–H and O–H groups in total. The minimum Gasteiger partial charge on any atom is -0.326 e. The Bertz CT molecular complexity index is 836. The van der Waals surface area contributed by atoms with Crippen LogP contribution in [0.3, 0.4) is 0 Å². The molecule has 1 unspecified atom stereocenters. The van der Waals surface area contributed by atoms with Crippen LogP contribution in [-0.2, 0) is 17.5 Å². The molecule has 0 spiro atoms. The molecule has 1 fully saturated rings. The molecule has 3 nitrogen and oxygen atoms in total. The monoisotopic (exact) mass is 414 g/mol. The molecule has 0 aliphatic carbocycles. The van der Waals surface area contributed by atoms with Crippen molar-refractivity contribution in [2.24, 2.45) is 5.92 Å². The highest BCUT2D eigenvalue weighted by molar-refractivity contribution is 6.31. The van der Waals surface area contributed by atoms with Gasteiger partial charge in [-0.3, -0.25) is 9.69 Å².